The Kier molecular flexibility index (Phi) is 5.41. The third-order valence-corrected chi connectivity index (χ3v) is 3.47. The second-order valence-corrected chi connectivity index (χ2v) is 4.68. The van der Waals surface area contributed by atoms with Crippen LogP contribution in [0.2, 0.25) is 0 Å². The molecule has 0 aromatic carbocycles. The second kappa shape index (κ2) is 6.59. The van der Waals surface area contributed by atoms with E-state index in [1.54, 1.807) is 0 Å². The molecule has 2 unspecified atom stereocenters. The van der Waals surface area contributed by atoms with E-state index in [1.807, 2.05) is 6.92 Å². The molecule has 1 rings (SSSR count). The number of amides is 1. The van der Waals surface area contributed by atoms with Crippen LogP contribution < -0.4 is 11.1 Å². The summed E-state index contributed by atoms with van der Waals surface area (Å²) in [7, 11) is 1.51. The quantitative estimate of drug-likeness (QED) is 0.685. The van der Waals surface area contributed by atoms with Crippen molar-refractivity contribution < 1.29 is 14.3 Å². The molecule has 3 N–H and O–H groups in total. The highest BCUT2D eigenvalue weighted by molar-refractivity contribution is 5.81. The van der Waals surface area contributed by atoms with Gasteiger partial charge in [-0.2, -0.15) is 0 Å². The Morgan fingerprint density at radius 1 is 1.41 bits per heavy atom. The molecule has 0 spiro atoms. The summed E-state index contributed by atoms with van der Waals surface area (Å²) in [5, 5.41) is 2.42. The number of hydrogen-bond acceptors (Lipinski definition) is 4. The lowest BCUT2D eigenvalue weighted by atomic mass is 9.93. The molecule has 0 aromatic heterocycles. The van der Waals surface area contributed by atoms with Gasteiger partial charge in [0, 0.05) is 7.05 Å². The third-order valence-electron chi connectivity index (χ3n) is 3.47. The first-order chi connectivity index (χ1) is 8.06. The number of rotatable bonds is 5. The predicted octanol–water partition coefficient (Wildman–Crippen LogP) is 0.429. The summed E-state index contributed by atoms with van der Waals surface area (Å²) < 4.78 is 5.08. The zero-order valence-corrected chi connectivity index (χ0v) is 10.6. The van der Waals surface area contributed by atoms with Crippen molar-refractivity contribution in [3.05, 3.63) is 0 Å². The zero-order chi connectivity index (χ0) is 12.8. The molecule has 1 aliphatic rings. The van der Waals surface area contributed by atoms with Crippen LogP contribution in [0.3, 0.4) is 0 Å². The Morgan fingerprint density at radius 2 is 2.00 bits per heavy atom. The maximum absolute atomic E-state index is 11.7. The lowest BCUT2D eigenvalue weighted by Gasteiger charge is -2.18. The summed E-state index contributed by atoms with van der Waals surface area (Å²) in [6.45, 7) is 1.85. The first-order valence-electron chi connectivity index (χ1n) is 6.20. The summed E-state index contributed by atoms with van der Waals surface area (Å²) in [4.78, 5) is 22.9. The summed E-state index contributed by atoms with van der Waals surface area (Å²) in [6, 6.07) is -0.778. The molecule has 0 saturated heterocycles. The fourth-order valence-electron chi connectivity index (χ4n) is 2.21. The van der Waals surface area contributed by atoms with Crippen LogP contribution in [0, 0.1) is 11.8 Å². The highest BCUT2D eigenvalue weighted by Crippen LogP contribution is 2.31. The molecule has 1 amide bonds. The van der Waals surface area contributed by atoms with E-state index >= 15 is 0 Å². The van der Waals surface area contributed by atoms with Crippen molar-refractivity contribution in [1.82, 2.24) is 5.32 Å². The SMILES string of the molecule is CNC(=O)C(N)COC(=O)C(C)C1CCCC1. The number of likely N-dealkylation sites (N-methyl/N-ethyl adjacent to an activating group) is 1. The molecule has 5 nitrogen and oxygen atoms in total. The van der Waals surface area contributed by atoms with Crippen LogP contribution in [-0.2, 0) is 14.3 Å². The standard InChI is InChI=1S/C12H22N2O3/c1-8(9-5-3-4-6-9)12(16)17-7-10(13)11(15)14-2/h8-10H,3-7,13H2,1-2H3,(H,14,15). The van der Waals surface area contributed by atoms with Gasteiger partial charge in [-0.25, -0.2) is 0 Å². The smallest absolute Gasteiger partial charge is 0.308 e. The van der Waals surface area contributed by atoms with Crippen LogP contribution in [0.1, 0.15) is 32.6 Å². The van der Waals surface area contributed by atoms with Gasteiger partial charge >= 0.3 is 5.97 Å². The molecule has 0 heterocycles. The number of carbonyl (C=O) groups excluding carboxylic acids is 2. The van der Waals surface area contributed by atoms with E-state index in [9.17, 15) is 9.59 Å². The minimum Gasteiger partial charge on any atom is -0.463 e. The van der Waals surface area contributed by atoms with Gasteiger partial charge in [-0.15, -0.1) is 0 Å². The van der Waals surface area contributed by atoms with Crippen LogP contribution in [-0.4, -0.2) is 31.6 Å². The van der Waals surface area contributed by atoms with Crippen molar-refractivity contribution in [2.45, 2.75) is 38.6 Å². The number of ether oxygens (including phenoxy) is 1. The van der Waals surface area contributed by atoms with Crippen LogP contribution in [0.25, 0.3) is 0 Å². The number of hydrogen-bond donors (Lipinski definition) is 2. The molecular formula is C12H22N2O3. The van der Waals surface area contributed by atoms with Crippen molar-refractivity contribution in [3.63, 3.8) is 0 Å². The highest BCUT2D eigenvalue weighted by Gasteiger charge is 2.28. The Labute approximate surface area is 102 Å². The number of esters is 1. The molecule has 0 aromatic rings. The minimum atomic E-state index is -0.778. The summed E-state index contributed by atoms with van der Waals surface area (Å²) in [5.41, 5.74) is 5.54. The zero-order valence-electron chi connectivity index (χ0n) is 10.6. The summed E-state index contributed by atoms with van der Waals surface area (Å²) in [5.74, 6) is -0.212. The second-order valence-electron chi connectivity index (χ2n) is 4.68. The monoisotopic (exact) mass is 242 g/mol. The highest BCUT2D eigenvalue weighted by atomic mass is 16.5. The average Bonchev–Trinajstić information content (AvgIpc) is 2.87. The predicted molar refractivity (Wildman–Crippen MR) is 64.1 cm³/mol. The van der Waals surface area contributed by atoms with Gasteiger partial charge in [0.05, 0.1) is 5.92 Å². The van der Waals surface area contributed by atoms with Gasteiger partial charge in [0.1, 0.15) is 12.6 Å². The van der Waals surface area contributed by atoms with Crippen LogP contribution in [0.15, 0.2) is 0 Å². The Balaban J connectivity index is 2.30. The van der Waals surface area contributed by atoms with Crippen LogP contribution >= 0.6 is 0 Å². The molecule has 0 bridgehead atoms. The van der Waals surface area contributed by atoms with E-state index in [-0.39, 0.29) is 24.4 Å². The van der Waals surface area contributed by atoms with Gasteiger partial charge in [0.25, 0.3) is 0 Å². The molecular weight excluding hydrogens is 220 g/mol. The molecule has 1 saturated carbocycles. The average molecular weight is 242 g/mol. The first-order valence-corrected chi connectivity index (χ1v) is 6.20. The molecule has 17 heavy (non-hydrogen) atoms. The van der Waals surface area contributed by atoms with Crippen molar-refractivity contribution in [2.24, 2.45) is 17.6 Å². The van der Waals surface area contributed by atoms with Gasteiger partial charge in [-0.05, 0) is 18.8 Å². The topological polar surface area (TPSA) is 81.4 Å². The number of nitrogens with one attached hydrogen (secondary N) is 1. The summed E-state index contributed by atoms with van der Waals surface area (Å²) in [6.07, 6.45) is 4.58. The van der Waals surface area contributed by atoms with Gasteiger partial charge in [0.2, 0.25) is 5.91 Å². The largest absolute Gasteiger partial charge is 0.463 e. The number of carbonyl (C=O) groups is 2. The van der Waals surface area contributed by atoms with Crippen molar-refractivity contribution in [3.8, 4) is 0 Å². The Hall–Kier alpha value is -1.10. The van der Waals surface area contributed by atoms with E-state index in [0.717, 1.165) is 12.8 Å². The van der Waals surface area contributed by atoms with Gasteiger partial charge in [-0.1, -0.05) is 19.8 Å². The fraction of sp³-hybridized carbons (Fsp3) is 0.833. The molecule has 0 aliphatic heterocycles. The maximum atomic E-state index is 11.7. The van der Waals surface area contributed by atoms with Crippen molar-refractivity contribution in [2.75, 3.05) is 13.7 Å². The fourth-order valence-corrected chi connectivity index (χ4v) is 2.21. The van der Waals surface area contributed by atoms with Crippen LogP contribution in [0.4, 0.5) is 0 Å². The molecule has 0 radical (unpaired) electrons. The first kappa shape index (κ1) is 14.0. The number of nitrogens with two attached hydrogens (primary N) is 1. The molecule has 98 valence electrons. The van der Waals surface area contributed by atoms with Gasteiger partial charge < -0.3 is 15.8 Å². The normalized spacial score (nSPS) is 19.7. The van der Waals surface area contributed by atoms with E-state index in [4.69, 9.17) is 10.5 Å². The molecule has 5 heteroatoms. The lowest BCUT2D eigenvalue weighted by molar-refractivity contribution is -0.150. The van der Waals surface area contributed by atoms with E-state index in [2.05, 4.69) is 5.32 Å². The maximum Gasteiger partial charge on any atom is 0.308 e. The third kappa shape index (κ3) is 4.00. The molecule has 1 fully saturated rings. The van der Waals surface area contributed by atoms with E-state index in [1.165, 1.54) is 19.9 Å². The van der Waals surface area contributed by atoms with E-state index in [0.29, 0.717) is 5.92 Å². The van der Waals surface area contributed by atoms with Gasteiger partial charge in [0.15, 0.2) is 0 Å². The Bertz CT molecular complexity index is 275. The lowest BCUT2D eigenvalue weighted by Crippen LogP contribution is -2.43. The minimum absolute atomic E-state index is 0.0461. The van der Waals surface area contributed by atoms with Crippen LogP contribution in [0.5, 0.6) is 0 Å². The van der Waals surface area contributed by atoms with Crippen molar-refractivity contribution >= 4 is 11.9 Å². The molecule has 2 atom stereocenters. The van der Waals surface area contributed by atoms with E-state index < -0.39 is 6.04 Å². The van der Waals surface area contributed by atoms with Gasteiger partial charge in [-0.3, -0.25) is 9.59 Å². The van der Waals surface area contributed by atoms with Crippen molar-refractivity contribution in [1.29, 1.82) is 0 Å². The molecule has 1 aliphatic carbocycles. The summed E-state index contributed by atoms with van der Waals surface area (Å²) >= 11 is 0. The Morgan fingerprint density at radius 3 is 2.53 bits per heavy atom.